The van der Waals surface area contributed by atoms with Gasteiger partial charge in [0.25, 0.3) is 23.6 Å². The number of hydrogen-bond acceptors (Lipinski definition) is 7. The molecule has 0 atom stereocenters. The third-order valence-corrected chi connectivity index (χ3v) is 4.61. The summed E-state index contributed by atoms with van der Waals surface area (Å²) in [5, 5.41) is 2.66. The second-order valence-electron chi connectivity index (χ2n) is 8.66. The van der Waals surface area contributed by atoms with Gasteiger partial charge in [-0.2, -0.15) is 0 Å². The summed E-state index contributed by atoms with van der Waals surface area (Å²) in [4.78, 5) is 58.5. The third kappa shape index (κ3) is 18.8. The van der Waals surface area contributed by atoms with Crippen molar-refractivity contribution in [3.05, 3.63) is 24.3 Å². The van der Waals surface area contributed by atoms with E-state index in [1.807, 2.05) is 20.8 Å². The molecule has 5 amide bonds. The summed E-state index contributed by atoms with van der Waals surface area (Å²) in [5.74, 6) is -0.890. The number of imide groups is 2. The summed E-state index contributed by atoms with van der Waals surface area (Å²) in [5.41, 5.74) is 4.83. The molecule has 10 nitrogen and oxygen atoms in total. The molecule has 38 heavy (non-hydrogen) atoms. The molecule has 0 spiro atoms. The van der Waals surface area contributed by atoms with Gasteiger partial charge in [-0.3, -0.25) is 29.0 Å². The molecule has 2 heterocycles. The van der Waals surface area contributed by atoms with Crippen molar-refractivity contribution in [3.8, 4) is 0 Å². The highest BCUT2D eigenvalue weighted by Gasteiger charge is 2.23. The van der Waals surface area contributed by atoms with Gasteiger partial charge in [0.05, 0.1) is 0 Å². The molecular weight excluding hydrogens is 535 g/mol. The van der Waals surface area contributed by atoms with E-state index in [9.17, 15) is 24.0 Å². The number of carbonyl (C=O) groups is 5. The first-order valence-electron chi connectivity index (χ1n) is 13.1. The van der Waals surface area contributed by atoms with Gasteiger partial charge >= 0.3 is 6.09 Å². The van der Waals surface area contributed by atoms with Gasteiger partial charge in [0.2, 0.25) is 0 Å². The second-order valence-corrected chi connectivity index (χ2v) is 8.66. The number of alkyl halides is 1. The van der Waals surface area contributed by atoms with Gasteiger partial charge in [-0.25, -0.2) is 4.79 Å². The lowest BCUT2D eigenvalue weighted by Crippen LogP contribution is -2.33. The van der Waals surface area contributed by atoms with E-state index in [0.29, 0.717) is 33.1 Å². The molecular formula is C26H46Cl2N4O6. The maximum absolute atomic E-state index is 11.3. The number of halogens is 2. The fourth-order valence-corrected chi connectivity index (χ4v) is 2.97. The van der Waals surface area contributed by atoms with Crippen molar-refractivity contribution >= 4 is 53.7 Å². The van der Waals surface area contributed by atoms with Crippen molar-refractivity contribution in [2.75, 3.05) is 32.6 Å². The molecule has 2 aliphatic heterocycles. The predicted molar refractivity (Wildman–Crippen MR) is 153 cm³/mol. The van der Waals surface area contributed by atoms with Crippen LogP contribution in [0.15, 0.2) is 24.3 Å². The van der Waals surface area contributed by atoms with Gasteiger partial charge in [0.15, 0.2) is 0 Å². The molecule has 0 aliphatic carbocycles. The SMILES string of the molecule is CC(C)(C)OC(=O)NCCCCCN1C(=O)C=CC1=O.CCl.Cl.NCCCCCN1C(=O)C=CC1=O.[2H]CC. The Morgan fingerprint density at radius 1 is 0.868 bits per heavy atom. The highest BCUT2D eigenvalue weighted by Crippen LogP contribution is 2.08. The fourth-order valence-electron chi connectivity index (χ4n) is 2.97. The quantitative estimate of drug-likeness (QED) is 0.214. The zero-order valence-electron chi connectivity index (χ0n) is 24.3. The summed E-state index contributed by atoms with van der Waals surface area (Å²) in [7, 11) is 0. The molecule has 0 fully saturated rings. The maximum atomic E-state index is 11.3. The number of hydrogen-bond donors (Lipinski definition) is 2. The van der Waals surface area contributed by atoms with Crippen LogP contribution in [-0.4, -0.2) is 77.7 Å². The summed E-state index contributed by atoms with van der Waals surface area (Å²) in [6.07, 6.45) is 11.3. The van der Waals surface area contributed by atoms with E-state index in [-0.39, 0.29) is 36.0 Å². The number of unbranched alkanes of at least 4 members (excludes halogenated alkanes) is 4. The van der Waals surface area contributed by atoms with Gasteiger partial charge in [-0.1, -0.05) is 20.2 Å². The summed E-state index contributed by atoms with van der Waals surface area (Å²) >= 11 is 4.64. The molecule has 12 heteroatoms. The van der Waals surface area contributed by atoms with Crippen LogP contribution in [0.5, 0.6) is 0 Å². The van der Waals surface area contributed by atoms with Crippen molar-refractivity contribution in [1.82, 2.24) is 15.1 Å². The van der Waals surface area contributed by atoms with Crippen LogP contribution in [0, 0.1) is 0 Å². The van der Waals surface area contributed by atoms with Crippen LogP contribution in [-0.2, 0) is 23.9 Å². The monoisotopic (exact) mass is 581 g/mol. The average molecular weight is 583 g/mol. The highest BCUT2D eigenvalue weighted by atomic mass is 35.5. The van der Waals surface area contributed by atoms with Crippen LogP contribution in [0.4, 0.5) is 4.79 Å². The molecule has 2 aliphatic rings. The summed E-state index contributed by atoms with van der Waals surface area (Å²) in [6.45, 7) is 9.86. The lowest BCUT2D eigenvalue weighted by atomic mass is 10.2. The van der Waals surface area contributed by atoms with E-state index >= 15 is 0 Å². The van der Waals surface area contributed by atoms with Crippen LogP contribution in [0.1, 0.15) is 74.5 Å². The zero-order valence-corrected chi connectivity index (χ0v) is 24.9. The van der Waals surface area contributed by atoms with Gasteiger partial charge in [0, 0.05) is 51.7 Å². The average Bonchev–Trinajstić information content (AvgIpc) is 3.35. The van der Waals surface area contributed by atoms with Crippen LogP contribution in [0.2, 0.25) is 0 Å². The van der Waals surface area contributed by atoms with E-state index in [1.54, 1.807) is 6.92 Å². The first-order valence-corrected chi connectivity index (χ1v) is 13.1. The first kappa shape index (κ1) is 37.7. The number of ether oxygens (including phenoxy) is 1. The minimum absolute atomic E-state index is 0. The predicted octanol–water partition coefficient (Wildman–Crippen LogP) is 3.95. The van der Waals surface area contributed by atoms with Crippen LogP contribution >= 0.6 is 24.0 Å². The highest BCUT2D eigenvalue weighted by molar-refractivity contribution is 6.15. The Labute approximate surface area is 240 Å². The standard InChI is InChI=1S/C14H22N2O4.C9H14N2O2.C2H6.CH3Cl.ClH/c1-14(2,3)20-13(19)15-9-5-4-6-10-16-11(17)7-8-12(16)18;10-6-2-1-3-7-11-8(12)4-5-9(11)13;2*1-2;/h7-8H,4-6,9-10H2,1-3H3,(H,15,19);4-5H,1-3,6-7,10H2;1-2H3;1H3;1H/i;;1D;;. The molecule has 0 bridgehead atoms. The van der Waals surface area contributed by atoms with E-state index in [2.05, 4.69) is 16.9 Å². The Morgan fingerprint density at radius 3 is 1.58 bits per heavy atom. The van der Waals surface area contributed by atoms with Gasteiger partial charge in [-0.15, -0.1) is 24.0 Å². The minimum Gasteiger partial charge on any atom is -0.444 e. The summed E-state index contributed by atoms with van der Waals surface area (Å²) < 4.78 is 11.3. The van der Waals surface area contributed by atoms with E-state index in [0.717, 1.165) is 38.5 Å². The van der Waals surface area contributed by atoms with Gasteiger partial charge in [-0.05, 0) is 59.4 Å². The molecule has 220 valence electrons. The molecule has 2 rings (SSSR count). The molecule has 0 radical (unpaired) electrons. The molecule has 0 aromatic carbocycles. The molecule has 0 saturated carbocycles. The van der Waals surface area contributed by atoms with Crippen LogP contribution in [0.3, 0.4) is 0 Å². The number of rotatable bonds is 11. The Morgan fingerprint density at radius 2 is 1.24 bits per heavy atom. The van der Waals surface area contributed by atoms with E-state index in [4.69, 9.17) is 11.8 Å². The van der Waals surface area contributed by atoms with Crippen molar-refractivity contribution < 1.29 is 30.1 Å². The third-order valence-electron chi connectivity index (χ3n) is 4.61. The Kier molecular flexibility index (Phi) is 23.5. The van der Waals surface area contributed by atoms with Crippen LogP contribution < -0.4 is 11.1 Å². The van der Waals surface area contributed by atoms with Crippen molar-refractivity contribution in [1.29, 1.82) is 0 Å². The number of nitrogens with zero attached hydrogens (tertiary/aromatic N) is 2. The number of nitrogens with two attached hydrogens (primary N) is 1. The van der Waals surface area contributed by atoms with E-state index < -0.39 is 11.7 Å². The zero-order chi connectivity index (χ0) is 29.6. The lowest BCUT2D eigenvalue weighted by Gasteiger charge is -2.19. The summed E-state index contributed by atoms with van der Waals surface area (Å²) in [6, 6.07) is 0. The van der Waals surface area contributed by atoms with Gasteiger partial charge in [0.1, 0.15) is 5.60 Å². The minimum atomic E-state index is -0.493. The maximum Gasteiger partial charge on any atom is 0.407 e. The number of nitrogens with one attached hydrogen (secondary N) is 1. The topological polar surface area (TPSA) is 139 Å². The first-order chi connectivity index (χ1) is 18.0. The number of alkyl carbamates (subject to hydrolysis) is 1. The Balaban J connectivity index is -0.000000589. The molecule has 0 unspecified atom stereocenters. The molecule has 0 aromatic rings. The Bertz CT molecular complexity index is 768. The fraction of sp³-hybridized carbons (Fsp3) is 0.654. The molecule has 0 aromatic heterocycles. The van der Waals surface area contributed by atoms with Crippen LogP contribution in [0.25, 0.3) is 0 Å². The number of carbonyl (C=O) groups excluding carboxylic acids is 5. The second kappa shape index (κ2) is 23.7. The van der Waals surface area contributed by atoms with Crippen molar-refractivity contribution in [3.63, 3.8) is 0 Å². The van der Waals surface area contributed by atoms with Crippen molar-refractivity contribution in [2.24, 2.45) is 5.73 Å². The van der Waals surface area contributed by atoms with E-state index in [1.165, 1.54) is 40.5 Å². The normalized spacial score (nSPS) is 13.9. The lowest BCUT2D eigenvalue weighted by molar-refractivity contribution is -0.138. The Hall–Kier alpha value is -2.43. The number of amides is 5. The molecule has 0 saturated heterocycles. The van der Waals surface area contributed by atoms with Crippen molar-refractivity contribution in [2.45, 2.75) is 78.7 Å². The van der Waals surface area contributed by atoms with Gasteiger partial charge < -0.3 is 15.8 Å². The smallest absolute Gasteiger partial charge is 0.407 e. The molecule has 3 N–H and O–H groups in total. The largest absolute Gasteiger partial charge is 0.444 e.